The molecule has 0 unspecified atom stereocenters. The average molecular weight is 577 g/mol. The lowest BCUT2D eigenvalue weighted by atomic mass is 10.1. The molecule has 2 aromatic heterocycles. The first-order valence-corrected chi connectivity index (χ1v) is 21.0. The van der Waals surface area contributed by atoms with Crippen LogP contribution in [0.3, 0.4) is 0 Å². The van der Waals surface area contributed by atoms with Crippen LogP contribution in [-0.2, 0) is 20.9 Å². The topological polar surface area (TPSA) is 88.9 Å². The van der Waals surface area contributed by atoms with Gasteiger partial charge in [-0.05, 0) is 48.3 Å². The van der Waals surface area contributed by atoms with E-state index in [9.17, 15) is 9.59 Å². The van der Waals surface area contributed by atoms with Gasteiger partial charge >= 0.3 is 5.97 Å². The van der Waals surface area contributed by atoms with Crippen LogP contribution in [0.15, 0.2) is 29.3 Å². The van der Waals surface area contributed by atoms with Crippen molar-refractivity contribution in [1.29, 1.82) is 0 Å². The molecule has 0 saturated carbocycles. The second-order valence-electron chi connectivity index (χ2n) is 11.8. The Labute approximate surface area is 230 Å². The van der Waals surface area contributed by atoms with E-state index in [0.717, 1.165) is 28.1 Å². The number of ether oxygens (including phenoxy) is 4. The van der Waals surface area contributed by atoms with Crippen LogP contribution in [0.4, 0.5) is 0 Å². The van der Waals surface area contributed by atoms with Gasteiger partial charge in [0.25, 0.3) is 5.56 Å². The lowest BCUT2D eigenvalue weighted by Crippen LogP contribution is -2.25. The van der Waals surface area contributed by atoms with Gasteiger partial charge in [-0.25, -0.2) is 9.78 Å². The molecule has 0 aliphatic rings. The van der Waals surface area contributed by atoms with E-state index in [0.29, 0.717) is 34.7 Å². The van der Waals surface area contributed by atoms with E-state index in [4.69, 9.17) is 18.9 Å². The van der Waals surface area contributed by atoms with Crippen LogP contribution in [0.1, 0.15) is 15.2 Å². The largest absolute Gasteiger partial charge is 0.465 e. The first kappa shape index (κ1) is 30.2. The molecule has 0 radical (unpaired) electrons. The molecule has 0 bridgehead atoms. The predicted octanol–water partition coefficient (Wildman–Crippen LogP) is 6.22. The van der Waals surface area contributed by atoms with Gasteiger partial charge < -0.3 is 18.9 Å². The molecule has 0 aliphatic heterocycles. The number of fused-ring (bicyclic) bond motifs is 1. The lowest BCUT2D eigenvalue weighted by molar-refractivity contribution is 0.0228. The molecule has 8 nitrogen and oxygen atoms in total. The lowest BCUT2D eigenvalue weighted by Gasteiger charge is -2.17. The maximum Gasteiger partial charge on any atom is 0.348 e. The Kier molecular flexibility index (Phi) is 10.1. The quantitative estimate of drug-likeness (QED) is 0.103. The maximum absolute atomic E-state index is 13.5. The summed E-state index contributed by atoms with van der Waals surface area (Å²) in [4.78, 5) is 31.5. The van der Waals surface area contributed by atoms with Crippen molar-refractivity contribution in [3.8, 4) is 16.2 Å². The van der Waals surface area contributed by atoms with Crippen LogP contribution >= 0.6 is 11.3 Å². The van der Waals surface area contributed by atoms with Gasteiger partial charge in [0.05, 0.1) is 12.5 Å². The van der Waals surface area contributed by atoms with E-state index in [2.05, 4.69) is 44.3 Å². The van der Waals surface area contributed by atoms with Crippen molar-refractivity contribution in [2.24, 2.45) is 0 Å². The molecular weight excluding hydrogens is 537 g/mol. The normalized spacial score (nSPS) is 12.2. The summed E-state index contributed by atoms with van der Waals surface area (Å²) in [5.41, 5.74) is 1.93. The molecule has 3 rings (SSSR count). The Hall–Kier alpha value is -2.32. The zero-order valence-corrected chi connectivity index (χ0v) is 26.6. The van der Waals surface area contributed by atoms with Crippen LogP contribution in [0, 0.1) is 6.92 Å². The SMILES string of the molecule is COC(=O)c1cc(C)c(-c2cc(OCOCC[Si](C)(C)C)c3ncn(COCC[Si](C)(C)C)c(=O)c3c2)s1. The van der Waals surface area contributed by atoms with Gasteiger partial charge in [-0.1, -0.05) is 39.3 Å². The van der Waals surface area contributed by atoms with E-state index in [1.54, 1.807) is 6.07 Å². The molecule has 208 valence electrons. The van der Waals surface area contributed by atoms with E-state index in [1.807, 2.05) is 19.1 Å². The Morgan fingerprint density at radius 2 is 1.66 bits per heavy atom. The highest BCUT2D eigenvalue weighted by atomic mass is 32.1. The van der Waals surface area contributed by atoms with Crippen molar-refractivity contribution in [1.82, 2.24) is 9.55 Å². The highest BCUT2D eigenvalue weighted by molar-refractivity contribution is 7.17. The minimum atomic E-state index is -1.24. The Morgan fingerprint density at radius 1 is 1.00 bits per heavy atom. The average Bonchev–Trinajstić information content (AvgIpc) is 3.22. The highest BCUT2D eigenvalue weighted by Gasteiger charge is 2.19. The number of hydrogen-bond donors (Lipinski definition) is 0. The molecule has 0 amide bonds. The zero-order valence-electron chi connectivity index (χ0n) is 23.8. The second kappa shape index (κ2) is 12.7. The summed E-state index contributed by atoms with van der Waals surface area (Å²) in [5, 5.41) is 0.420. The van der Waals surface area contributed by atoms with Crippen molar-refractivity contribution in [3.63, 3.8) is 0 Å². The van der Waals surface area contributed by atoms with Gasteiger partial charge in [-0.15, -0.1) is 11.3 Å². The third-order valence-electron chi connectivity index (χ3n) is 5.98. The molecule has 2 heterocycles. The molecule has 38 heavy (non-hydrogen) atoms. The zero-order chi connectivity index (χ0) is 28.1. The molecule has 1 aromatic carbocycles. The third kappa shape index (κ3) is 8.34. The van der Waals surface area contributed by atoms with Gasteiger partial charge in [0.15, 0.2) is 6.79 Å². The highest BCUT2D eigenvalue weighted by Crippen LogP contribution is 2.37. The van der Waals surface area contributed by atoms with Gasteiger partial charge in [0.1, 0.15) is 29.2 Å². The molecule has 0 aliphatic carbocycles. The summed E-state index contributed by atoms with van der Waals surface area (Å²) in [6, 6.07) is 7.50. The number of thiophene rings is 1. The molecule has 0 saturated heterocycles. The molecule has 0 N–H and O–H groups in total. The third-order valence-corrected chi connectivity index (χ3v) is 10.7. The number of carbonyl (C=O) groups is 1. The number of carbonyl (C=O) groups excluding carboxylic acids is 1. The van der Waals surface area contributed by atoms with Crippen molar-refractivity contribution in [2.75, 3.05) is 27.1 Å². The van der Waals surface area contributed by atoms with E-state index in [1.165, 1.54) is 29.3 Å². The number of rotatable bonds is 13. The minimum Gasteiger partial charge on any atom is -0.465 e. The molecule has 0 fully saturated rings. The summed E-state index contributed by atoms with van der Waals surface area (Å²) in [6.07, 6.45) is 1.50. The smallest absolute Gasteiger partial charge is 0.348 e. The summed E-state index contributed by atoms with van der Waals surface area (Å²) < 4.78 is 24.0. The second-order valence-corrected chi connectivity index (χ2v) is 24.1. The van der Waals surface area contributed by atoms with Crippen LogP contribution < -0.4 is 10.3 Å². The van der Waals surface area contributed by atoms with Crippen molar-refractivity contribution >= 4 is 44.4 Å². The summed E-state index contributed by atoms with van der Waals surface area (Å²) in [7, 11) is -1.09. The maximum atomic E-state index is 13.5. The van der Waals surface area contributed by atoms with E-state index in [-0.39, 0.29) is 19.1 Å². The molecule has 11 heteroatoms. The van der Waals surface area contributed by atoms with E-state index >= 15 is 0 Å². The number of hydrogen-bond acceptors (Lipinski definition) is 8. The fraction of sp³-hybridized carbons (Fsp3) is 0.519. The van der Waals surface area contributed by atoms with Gasteiger partial charge in [0, 0.05) is 34.2 Å². The molecule has 0 atom stereocenters. The monoisotopic (exact) mass is 576 g/mol. The van der Waals surface area contributed by atoms with Gasteiger partial charge in [-0.2, -0.15) is 0 Å². The number of benzene rings is 1. The number of aryl methyl sites for hydroxylation is 1. The van der Waals surface area contributed by atoms with Crippen LogP contribution in [0.5, 0.6) is 5.75 Å². The summed E-state index contributed by atoms with van der Waals surface area (Å²) in [5.74, 6) is 0.0683. The Bertz CT molecular complexity index is 1320. The standard InChI is InChI=1S/C27H40N2O6SSi2/c1-19-13-23(27(31)32-2)36-25(19)20-14-21-24(22(15-20)35-18-34-10-12-38(6,7)8)28-16-29(26(21)30)17-33-9-11-37(3,4)5/h13-16H,9-12,17-18H2,1-8H3. The molecule has 0 spiro atoms. The van der Waals surface area contributed by atoms with Crippen molar-refractivity contribution in [3.05, 3.63) is 45.3 Å². The number of nitrogens with zero attached hydrogens (tertiary/aromatic N) is 2. The first-order chi connectivity index (χ1) is 17.8. The minimum absolute atomic E-state index is 0.0600. The van der Waals surface area contributed by atoms with Crippen LogP contribution in [-0.4, -0.2) is 58.8 Å². The summed E-state index contributed by atoms with van der Waals surface area (Å²) in [6.45, 7) is 17.1. The molecular formula is C27H40N2O6SSi2. The first-order valence-electron chi connectivity index (χ1n) is 12.8. The number of methoxy groups -OCH3 is 1. The number of aromatic nitrogens is 2. The van der Waals surface area contributed by atoms with Crippen LogP contribution in [0.25, 0.3) is 21.3 Å². The molecule has 3 aromatic rings. The van der Waals surface area contributed by atoms with Crippen LogP contribution in [0.2, 0.25) is 51.4 Å². The Morgan fingerprint density at radius 3 is 2.29 bits per heavy atom. The number of esters is 1. The van der Waals surface area contributed by atoms with Gasteiger partial charge in [0.2, 0.25) is 0 Å². The fourth-order valence-electron chi connectivity index (χ4n) is 3.63. The Balaban J connectivity index is 1.95. The van der Waals surface area contributed by atoms with E-state index < -0.39 is 22.1 Å². The van der Waals surface area contributed by atoms with Crippen molar-refractivity contribution in [2.45, 2.75) is 65.0 Å². The summed E-state index contributed by atoms with van der Waals surface area (Å²) >= 11 is 1.32. The van der Waals surface area contributed by atoms with Gasteiger partial charge in [-0.3, -0.25) is 9.36 Å². The fourth-order valence-corrected chi connectivity index (χ4v) is 6.22. The van der Waals surface area contributed by atoms with Crippen molar-refractivity contribution < 1.29 is 23.7 Å². The predicted molar refractivity (Wildman–Crippen MR) is 159 cm³/mol.